The number of alkyl halides is 3. The van der Waals surface area contributed by atoms with Crippen molar-refractivity contribution < 1.29 is 19.4 Å². The van der Waals surface area contributed by atoms with Gasteiger partial charge in [0, 0.05) is 0 Å². The molecule has 0 bridgehead atoms. The average molecular weight is 353 g/mol. The van der Waals surface area contributed by atoms with Crippen molar-refractivity contribution in [3.8, 4) is 0 Å². The van der Waals surface area contributed by atoms with Crippen LogP contribution in [0.15, 0.2) is 36.4 Å². The third kappa shape index (κ3) is 7.80. The third-order valence-corrected chi connectivity index (χ3v) is 2.51. The summed E-state index contributed by atoms with van der Waals surface area (Å²) in [5.41, 5.74) is 0.792. The van der Waals surface area contributed by atoms with E-state index in [4.69, 9.17) is 39.9 Å². The van der Waals surface area contributed by atoms with Crippen LogP contribution in [0.4, 0.5) is 4.79 Å². The van der Waals surface area contributed by atoms with Gasteiger partial charge in [0.1, 0.15) is 12.6 Å². The lowest BCUT2D eigenvalue weighted by molar-refractivity contribution is -0.138. The van der Waals surface area contributed by atoms with Crippen molar-refractivity contribution in [1.82, 2.24) is 5.32 Å². The zero-order chi connectivity index (χ0) is 15.9. The van der Waals surface area contributed by atoms with E-state index in [1.807, 2.05) is 6.07 Å². The van der Waals surface area contributed by atoms with E-state index in [0.717, 1.165) is 5.56 Å². The number of ether oxygens (including phenoxy) is 1. The van der Waals surface area contributed by atoms with Gasteiger partial charge >= 0.3 is 12.1 Å². The number of carboxylic acid groups (broad SMARTS) is 1. The minimum absolute atomic E-state index is 0.488. The first-order valence-electron chi connectivity index (χ1n) is 5.74. The molecule has 0 aliphatic rings. The number of amides is 1. The monoisotopic (exact) mass is 351 g/mol. The maximum Gasteiger partial charge on any atom is 0.408 e. The van der Waals surface area contributed by atoms with Gasteiger partial charge in [-0.2, -0.15) is 0 Å². The van der Waals surface area contributed by atoms with E-state index in [-0.39, 0.29) is 0 Å². The Morgan fingerprint density at radius 1 is 1.29 bits per heavy atom. The van der Waals surface area contributed by atoms with E-state index in [0.29, 0.717) is 0 Å². The molecule has 0 spiro atoms. The van der Waals surface area contributed by atoms with Crippen molar-refractivity contribution in [2.24, 2.45) is 0 Å². The van der Waals surface area contributed by atoms with Crippen LogP contribution >= 0.6 is 34.8 Å². The molecular formula is C13H12Cl3NO4. The number of hydrogen-bond donors (Lipinski definition) is 2. The molecule has 0 radical (unpaired) electrons. The highest BCUT2D eigenvalue weighted by Crippen LogP contribution is 2.25. The lowest BCUT2D eigenvalue weighted by Crippen LogP contribution is -2.40. The Bertz CT molecular complexity index is 514. The minimum atomic E-state index is -1.75. The average Bonchev–Trinajstić information content (AvgIpc) is 2.41. The summed E-state index contributed by atoms with van der Waals surface area (Å²) in [6, 6.07) is 7.76. The molecule has 114 valence electrons. The van der Waals surface area contributed by atoms with E-state index in [1.54, 1.807) is 30.3 Å². The molecule has 1 aromatic rings. The fourth-order valence-electron chi connectivity index (χ4n) is 1.28. The number of benzene rings is 1. The number of aliphatic carboxylic acids is 1. The Labute approximate surface area is 136 Å². The predicted octanol–water partition coefficient (Wildman–Crippen LogP) is 3.25. The highest BCUT2D eigenvalue weighted by Gasteiger charge is 2.24. The smallest absolute Gasteiger partial charge is 0.408 e. The van der Waals surface area contributed by atoms with E-state index < -0.39 is 28.5 Å². The van der Waals surface area contributed by atoms with Gasteiger partial charge in [0.05, 0.1) is 0 Å². The first kappa shape index (κ1) is 17.6. The molecule has 1 amide bonds. The van der Waals surface area contributed by atoms with Crippen molar-refractivity contribution in [3.63, 3.8) is 0 Å². The van der Waals surface area contributed by atoms with Crippen molar-refractivity contribution in [2.45, 2.75) is 9.83 Å². The molecule has 0 aliphatic carbocycles. The van der Waals surface area contributed by atoms with Gasteiger partial charge in [-0.25, -0.2) is 9.59 Å². The molecule has 0 aliphatic heterocycles. The second-order valence-electron chi connectivity index (χ2n) is 3.92. The number of carbonyl (C=O) groups is 2. The predicted molar refractivity (Wildman–Crippen MR) is 81.7 cm³/mol. The van der Waals surface area contributed by atoms with Gasteiger partial charge < -0.3 is 15.2 Å². The molecule has 0 heterocycles. The summed E-state index contributed by atoms with van der Waals surface area (Å²) >= 11 is 16.2. The number of halogens is 3. The van der Waals surface area contributed by atoms with Crippen LogP contribution in [-0.2, 0) is 9.53 Å². The Kier molecular flexibility index (Phi) is 6.81. The zero-order valence-corrected chi connectivity index (χ0v) is 12.9. The number of nitrogens with one attached hydrogen (secondary N) is 1. The molecule has 5 nitrogen and oxygen atoms in total. The van der Waals surface area contributed by atoms with Gasteiger partial charge in [-0.1, -0.05) is 77.3 Å². The van der Waals surface area contributed by atoms with Crippen LogP contribution in [0.3, 0.4) is 0 Å². The fraction of sp³-hybridized carbons (Fsp3) is 0.231. The lowest BCUT2D eigenvalue weighted by atomic mass is 10.2. The molecule has 8 heteroatoms. The van der Waals surface area contributed by atoms with Gasteiger partial charge in [-0.15, -0.1) is 0 Å². The van der Waals surface area contributed by atoms with E-state index in [9.17, 15) is 9.59 Å². The molecule has 2 N–H and O–H groups in total. The highest BCUT2D eigenvalue weighted by molar-refractivity contribution is 6.67. The van der Waals surface area contributed by atoms with E-state index >= 15 is 0 Å². The van der Waals surface area contributed by atoms with Gasteiger partial charge in [0.15, 0.2) is 0 Å². The molecule has 0 saturated heterocycles. The SMILES string of the molecule is O=C(NC(/C=C/c1ccccc1)C(=O)O)OCC(Cl)(Cl)Cl. The summed E-state index contributed by atoms with van der Waals surface area (Å²) in [5.74, 6) is -1.24. The Balaban J connectivity index is 2.60. The molecule has 0 saturated carbocycles. The summed E-state index contributed by atoms with van der Waals surface area (Å²) < 4.78 is 2.84. The summed E-state index contributed by atoms with van der Waals surface area (Å²) in [7, 11) is 0. The molecule has 1 atom stereocenters. The van der Waals surface area contributed by atoms with Gasteiger partial charge in [0.2, 0.25) is 3.79 Å². The molecular weight excluding hydrogens is 341 g/mol. The van der Waals surface area contributed by atoms with Crippen LogP contribution in [0.1, 0.15) is 5.56 Å². The van der Waals surface area contributed by atoms with Crippen LogP contribution in [0.5, 0.6) is 0 Å². The maximum atomic E-state index is 11.4. The molecule has 0 fully saturated rings. The second-order valence-corrected chi connectivity index (χ2v) is 6.44. The zero-order valence-electron chi connectivity index (χ0n) is 10.6. The molecule has 1 aromatic carbocycles. The van der Waals surface area contributed by atoms with Gasteiger partial charge in [-0.3, -0.25) is 0 Å². The van der Waals surface area contributed by atoms with Crippen LogP contribution in [-0.4, -0.2) is 33.6 Å². The van der Waals surface area contributed by atoms with E-state index in [1.165, 1.54) is 6.08 Å². The number of carbonyl (C=O) groups excluding carboxylic acids is 1. The molecule has 0 aromatic heterocycles. The topological polar surface area (TPSA) is 75.6 Å². The van der Waals surface area contributed by atoms with Gasteiger partial charge in [0.25, 0.3) is 0 Å². The van der Waals surface area contributed by atoms with Crippen molar-refractivity contribution in [3.05, 3.63) is 42.0 Å². The van der Waals surface area contributed by atoms with Gasteiger partial charge in [-0.05, 0) is 5.56 Å². The Morgan fingerprint density at radius 3 is 2.43 bits per heavy atom. The number of hydrogen-bond acceptors (Lipinski definition) is 3. The van der Waals surface area contributed by atoms with Crippen LogP contribution in [0, 0.1) is 0 Å². The summed E-state index contributed by atoms with van der Waals surface area (Å²) in [4.78, 5) is 22.5. The third-order valence-electron chi connectivity index (χ3n) is 2.19. The summed E-state index contributed by atoms with van der Waals surface area (Å²) in [5, 5.41) is 11.2. The fourth-order valence-corrected chi connectivity index (χ4v) is 1.44. The first-order chi connectivity index (χ1) is 9.78. The first-order valence-corrected chi connectivity index (χ1v) is 6.87. The molecule has 1 unspecified atom stereocenters. The Morgan fingerprint density at radius 2 is 1.90 bits per heavy atom. The standard InChI is InChI=1S/C13H12Cl3NO4/c14-13(15,16)8-21-12(20)17-10(11(18)19)7-6-9-4-2-1-3-5-9/h1-7,10H,8H2,(H,17,20)(H,18,19)/b7-6+. The second kappa shape index (κ2) is 8.12. The van der Waals surface area contributed by atoms with Crippen LogP contribution in [0.2, 0.25) is 0 Å². The van der Waals surface area contributed by atoms with Crippen LogP contribution < -0.4 is 5.32 Å². The number of carboxylic acids is 1. The normalized spacial score (nSPS) is 12.9. The number of rotatable bonds is 5. The van der Waals surface area contributed by atoms with Crippen molar-refractivity contribution in [2.75, 3.05) is 6.61 Å². The summed E-state index contributed by atoms with van der Waals surface area (Å²) in [6.07, 6.45) is 1.88. The summed E-state index contributed by atoms with van der Waals surface area (Å²) in [6.45, 7) is -0.488. The van der Waals surface area contributed by atoms with Crippen molar-refractivity contribution in [1.29, 1.82) is 0 Å². The van der Waals surface area contributed by atoms with Crippen LogP contribution in [0.25, 0.3) is 6.08 Å². The maximum absolute atomic E-state index is 11.4. The number of alkyl carbamates (subject to hydrolysis) is 1. The molecule has 1 rings (SSSR count). The largest absolute Gasteiger partial charge is 0.479 e. The minimum Gasteiger partial charge on any atom is -0.479 e. The lowest BCUT2D eigenvalue weighted by Gasteiger charge is -2.14. The quantitative estimate of drug-likeness (QED) is 0.798. The highest BCUT2D eigenvalue weighted by atomic mass is 35.6. The van der Waals surface area contributed by atoms with Crippen molar-refractivity contribution >= 4 is 52.9 Å². The molecule has 21 heavy (non-hydrogen) atoms. The Hall–Kier alpha value is -1.43. The van der Waals surface area contributed by atoms with E-state index in [2.05, 4.69) is 10.1 Å².